The molecule has 1 saturated heterocycles. The Balaban J connectivity index is 1.57. The molecule has 1 aliphatic heterocycles. The van der Waals surface area contributed by atoms with Gasteiger partial charge in [-0.2, -0.15) is 0 Å². The Morgan fingerprint density at radius 3 is 2.57 bits per heavy atom. The third kappa shape index (κ3) is 4.32. The summed E-state index contributed by atoms with van der Waals surface area (Å²) in [7, 11) is 1.49. The molecule has 0 atom stereocenters. The summed E-state index contributed by atoms with van der Waals surface area (Å²) < 4.78 is 0. The van der Waals surface area contributed by atoms with Crippen LogP contribution >= 0.6 is 0 Å². The Kier molecular flexibility index (Phi) is 6.14. The first-order chi connectivity index (χ1) is 14.1. The molecule has 162 valence electrons. The Morgan fingerprint density at radius 1 is 1.23 bits per heavy atom. The van der Waals surface area contributed by atoms with Crippen molar-refractivity contribution in [2.45, 2.75) is 52.0 Å². The molecule has 1 saturated carbocycles. The Hall–Kier alpha value is -2.90. The van der Waals surface area contributed by atoms with Gasteiger partial charge in [-0.05, 0) is 62.6 Å². The van der Waals surface area contributed by atoms with Crippen LogP contribution in [-0.2, 0) is 14.4 Å². The zero-order chi connectivity index (χ0) is 22.1. The molecule has 0 bridgehead atoms. The summed E-state index contributed by atoms with van der Waals surface area (Å²) in [4.78, 5) is 52.4. The van der Waals surface area contributed by atoms with Crippen LogP contribution < -0.4 is 10.6 Å². The number of anilines is 1. The first kappa shape index (κ1) is 21.8. The lowest BCUT2D eigenvalue weighted by Crippen LogP contribution is -2.50. The molecule has 1 aromatic rings. The Labute approximate surface area is 177 Å². The smallest absolute Gasteiger partial charge is 0.325 e. The van der Waals surface area contributed by atoms with Gasteiger partial charge in [0.2, 0.25) is 11.8 Å². The molecule has 30 heavy (non-hydrogen) atoms. The fourth-order valence-electron chi connectivity index (χ4n) is 4.05. The molecule has 5 amide bonds. The van der Waals surface area contributed by atoms with Gasteiger partial charge in [-0.15, -0.1) is 0 Å². The van der Waals surface area contributed by atoms with E-state index in [0.717, 1.165) is 28.9 Å². The number of benzene rings is 1. The van der Waals surface area contributed by atoms with E-state index in [1.807, 2.05) is 26.0 Å². The van der Waals surface area contributed by atoms with Crippen molar-refractivity contribution in [2.24, 2.45) is 5.92 Å². The zero-order valence-corrected chi connectivity index (χ0v) is 18.1. The highest BCUT2D eigenvalue weighted by Gasteiger charge is 2.52. The third-order valence-corrected chi connectivity index (χ3v) is 6.35. The lowest BCUT2D eigenvalue weighted by Gasteiger charge is -2.33. The standard InChI is InChI=1S/C22H30N4O4/c1-14-8-10-22(11-9-14)20(29)26(21(30)24-22)13-19(28)25(4)12-18(27)23-17-7-5-6-15(2)16(17)3/h5-7,14H,8-13H2,1-4H3,(H,23,27)(H,24,30). The summed E-state index contributed by atoms with van der Waals surface area (Å²) in [6, 6.07) is 5.08. The van der Waals surface area contributed by atoms with Crippen LogP contribution in [0.4, 0.5) is 10.5 Å². The first-order valence-corrected chi connectivity index (χ1v) is 10.4. The summed E-state index contributed by atoms with van der Waals surface area (Å²) in [5, 5.41) is 5.61. The molecule has 8 nitrogen and oxygen atoms in total. The minimum absolute atomic E-state index is 0.168. The van der Waals surface area contributed by atoms with Crippen LogP contribution in [0.25, 0.3) is 0 Å². The van der Waals surface area contributed by atoms with Gasteiger partial charge in [0.25, 0.3) is 5.91 Å². The molecule has 0 radical (unpaired) electrons. The summed E-state index contributed by atoms with van der Waals surface area (Å²) in [6.07, 6.45) is 2.92. The van der Waals surface area contributed by atoms with E-state index in [2.05, 4.69) is 17.6 Å². The second-order valence-electron chi connectivity index (χ2n) is 8.63. The van der Waals surface area contributed by atoms with E-state index in [9.17, 15) is 19.2 Å². The predicted molar refractivity (Wildman–Crippen MR) is 113 cm³/mol. The number of aryl methyl sites for hydroxylation is 1. The van der Waals surface area contributed by atoms with Gasteiger partial charge in [0, 0.05) is 12.7 Å². The van der Waals surface area contributed by atoms with Crippen LogP contribution in [0.15, 0.2) is 18.2 Å². The van der Waals surface area contributed by atoms with Gasteiger partial charge in [0.1, 0.15) is 12.1 Å². The maximum atomic E-state index is 12.9. The molecular formula is C22H30N4O4. The van der Waals surface area contributed by atoms with Crippen LogP contribution in [0, 0.1) is 19.8 Å². The summed E-state index contributed by atoms with van der Waals surface area (Å²) in [6.45, 7) is 5.47. The number of hydrogen-bond acceptors (Lipinski definition) is 4. The molecule has 1 aromatic carbocycles. The average Bonchev–Trinajstić information content (AvgIpc) is 2.92. The van der Waals surface area contributed by atoms with Crippen molar-refractivity contribution in [3.8, 4) is 0 Å². The van der Waals surface area contributed by atoms with Crippen molar-refractivity contribution in [2.75, 3.05) is 25.5 Å². The number of carbonyl (C=O) groups excluding carboxylic acids is 4. The molecule has 2 fully saturated rings. The summed E-state index contributed by atoms with van der Waals surface area (Å²) in [5.41, 5.74) is 1.85. The van der Waals surface area contributed by atoms with E-state index >= 15 is 0 Å². The minimum atomic E-state index is -0.873. The molecule has 3 rings (SSSR count). The second-order valence-corrected chi connectivity index (χ2v) is 8.63. The topological polar surface area (TPSA) is 98.8 Å². The highest BCUT2D eigenvalue weighted by atomic mass is 16.2. The van der Waals surface area contributed by atoms with Crippen molar-refractivity contribution in [1.82, 2.24) is 15.1 Å². The molecular weight excluding hydrogens is 384 g/mol. The van der Waals surface area contributed by atoms with Crippen molar-refractivity contribution >= 4 is 29.4 Å². The predicted octanol–water partition coefficient (Wildman–Crippen LogP) is 2.20. The van der Waals surface area contributed by atoms with Crippen molar-refractivity contribution in [3.05, 3.63) is 29.3 Å². The number of nitrogens with one attached hydrogen (secondary N) is 2. The largest absolute Gasteiger partial charge is 0.335 e. The molecule has 8 heteroatoms. The van der Waals surface area contributed by atoms with Crippen LogP contribution in [0.3, 0.4) is 0 Å². The maximum Gasteiger partial charge on any atom is 0.325 e. The SMILES string of the molecule is Cc1cccc(NC(=O)CN(C)C(=O)CN2C(=O)NC3(CCC(C)CC3)C2=O)c1C. The lowest BCUT2D eigenvalue weighted by atomic mass is 9.77. The normalized spacial score (nSPS) is 23.5. The first-order valence-electron chi connectivity index (χ1n) is 10.4. The van der Waals surface area contributed by atoms with Crippen LogP contribution in [0.2, 0.25) is 0 Å². The molecule has 2 N–H and O–H groups in total. The van der Waals surface area contributed by atoms with Gasteiger partial charge in [-0.1, -0.05) is 19.1 Å². The van der Waals surface area contributed by atoms with E-state index in [4.69, 9.17) is 0 Å². The lowest BCUT2D eigenvalue weighted by molar-refractivity contribution is -0.139. The van der Waals surface area contributed by atoms with Gasteiger partial charge >= 0.3 is 6.03 Å². The maximum absolute atomic E-state index is 12.9. The van der Waals surface area contributed by atoms with Gasteiger partial charge in [-0.25, -0.2) is 4.79 Å². The van der Waals surface area contributed by atoms with Crippen molar-refractivity contribution < 1.29 is 19.2 Å². The number of imide groups is 1. The molecule has 2 aliphatic rings. The van der Waals surface area contributed by atoms with Crippen LogP contribution in [-0.4, -0.2) is 59.2 Å². The van der Waals surface area contributed by atoms with Crippen LogP contribution in [0.5, 0.6) is 0 Å². The summed E-state index contributed by atoms with van der Waals surface area (Å²) >= 11 is 0. The number of amides is 5. The second kappa shape index (κ2) is 8.45. The highest BCUT2D eigenvalue weighted by Crippen LogP contribution is 2.36. The minimum Gasteiger partial charge on any atom is -0.335 e. The van der Waals surface area contributed by atoms with Gasteiger partial charge in [-0.3, -0.25) is 19.3 Å². The van der Waals surface area contributed by atoms with Crippen LogP contribution in [0.1, 0.15) is 43.7 Å². The summed E-state index contributed by atoms with van der Waals surface area (Å²) in [5.74, 6) is -0.607. The van der Waals surface area contributed by atoms with E-state index in [1.54, 1.807) is 6.07 Å². The van der Waals surface area contributed by atoms with E-state index in [0.29, 0.717) is 24.4 Å². The molecule has 0 aromatic heterocycles. The molecule has 1 heterocycles. The number of hydrogen-bond donors (Lipinski definition) is 2. The Bertz CT molecular complexity index is 874. The fourth-order valence-corrected chi connectivity index (χ4v) is 4.05. The van der Waals surface area contributed by atoms with Gasteiger partial charge < -0.3 is 15.5 Å². The number of nitrogens with zero attached hydrogens (tertiary/aromatic N) is 2. The zero-order valence-electron chi connectivity index (χ0n) is 18.1. The van der Waals surface area contributed by atoms with E-state index < -0.39 is 17.5 Å². The van der Waals surface area contributed by atoms with Crippen molar-refractivity contribution in [1.29, 1.82) is 0 Å². The third-order valence-electron chi connectivity index (χ3n) is 6.35. The van der Waals surface area contributed by atoms with E-state index in [-0.39, 0.29) is 24.9 Å². The number of likely N-dealkylation sites (N-methyl/N-ethyl adjacent to an activating group) is 1. The Morgan fingerprint density at radius 2 is 1.90 bits per heavy atom. The molecule has 1 aliphatic carbocycles. The number of carbonyl (C=O) groups is 4. The fraction of sp³-hybridized carbons (Fsp3) is 0.545. The van der Waals surface area contributed by atoms with E-state index in [1.165, 1.54) is 11.9 Å². The quantitative estimate of drug-likeness (QED) is 0.722. The molecule has 1 spiro atoms. The average molecular weight is 415 g/mol. The van der Waals surface area contributed by atoms with Gasteiger partial charge in [0.15, 0.2) is 0 Å². The van der Waals surface area contributed by atoms with Gasteiger partial charge in [0.05, 0.1) is 6.54 Å². The van der Waals surface area contributed by atoms with Crippen molar-refractivity contribution in [3.63, 3.8) is 0 Å². The highest BCUT2D eigenvalue weighted by molar-refractivity contribution is 6.09. The number of urea groups is 1. The number of rotatable bonds is 5. The molecule has 0 unspecified atom stereocenters. The monoisotopic (exact) mass is 414 g/mol.